The molecule has 0 atom stereocenters. The standard InChI is InChI=1S/C15H21NO2/c1-12(5-3-8-16-2)13-6-7-14-15(11-13)18-10-4-9-17-14/h5-7,11,16H,3-4,8-10H2,1-2H3. The Labute approximate surface area is 109 Å². The Kier molecular flexibility index (Phi) is 4.65. The van der Waals surface area contributed by atoms with Crippen molar-refractivity contribution < 1.29 is 9.47 Å². The second-order valence-electron chi connectivity index (χ2n) is 4.49. The lowest BCUT2D eigenvalue weighted by atomic mass is 10.1. The van der Waals surface area contributed by atoms with Gasteiger partial charge in [-0.1, -0.05) is 12.1 Å². The fraction of sp³-hybridized carbons (Fsp3) is 0.467. The van der Waals surface area contributed by atoms with E-state index in [1.54, 1.807) is 0 Å². The zero-order valence-corrected chi connectivity index (χ0v) is 11.2. The van der Waals surface area contributed by atoms with Crippen molar-refractivity contribution in [1.29, 1.82) is 0 Å². The average molecular weight is 247 g/mol. The second kappa shape index (κ2) is 6.45. The number of allylic oxidation sites excluding steroid dienone is 1. The summed E-state index contributed by atoms with van der Waals surface area (Å²) in [5, 5.41) is 3.14. The van der Waals surface area contributed by atoms with Gasteiger partial charge in [0.1, 0.15) is 0 Å². The summed E-state index contributed by atoms with van der Waals surface area (Å²) in [6, 6.07) is 6.18. The van der Waals surface area contributed by atoms with Gasteiger partial charge in [-0.25, -0.2) is 0 Å². The third-order valence-electron chi connectivity index (χ3n) is 3.05. The summed E-state index contributed by atoms with van der Waals surface area (Å²) in [7, 11) is 1.97. The van der Waals surface area contributed by atoms with Crippen molar-refractivity contribution in [2.45, 2.75) is 19.8 Å². The summed E-state index contributed by atoms with van der Waals surface area (Å²) in [6.07, 6.45) is 4.23. The Morgan fingerprint density at radius 3 is 2.83 bits per heavy atom. The van der Waals surface area contributed by atoms with Crippen molar-refractivity contribution in [3.8, 4) is 11.5 Å². The number of rotatable bonds is 4. The maximum Gasteiger partial charge on any atom is 0.161 e. The van der Waals surface area contributed by atoms with Gasteiger partial charge in [-0.05, 0) is 50.2 Å². The van der Waals surface area contributed by atoms with E-state index in [9.17, 15) is 0 Å². The molecule has 1 aliphatic rings. The quantitative estimate of drug-likeness (QED) is 0.830. The number of ether oxygens (including phenoxy) is 2. The smallest absolute Gasteiger partial charge is 0.161 e. The summed E-state index contributed by atoms with van der Waals surface area (Å²) in [6.45, 7) is 4.61. The number of hydrogen-bond acceptors (Lipinski definition) is 3. The van der Waals surface area contributed by atoms with E-state index in [1.165, 1.54) is 11.1 Å². The molecule has 1 aromatic rings. The van der Waals surface area contributed by atoms with Crippen LogP contribution in [0.5, 0.6) is 11.5 Å². The fourth-order valence-corrected chi connectivity index (χ4v) is 1.96. The van der Waals surface area contributed by atoms with E-state index in [4.69, 9.17) is 9.47 Å². The van der Waals surface area contributed by atoms with Crippen molar-refractivity contribution in [3.05, 3.63) is 29.8 Å². The monoisotopic (exact) mass is 247 g/mol. The van der Waals surface area contributed by atoms with Gasteiger partial charge in [-0.15, -0.1) is 0 Å². The molecule has 0 bridgehead atoms. The van der Waals surface area contributed by atoms with Crippen molar-refractivity contribution in [2.24, 2.45) is 0 Å². The van der Waals surface area contributed by atoms with E-state index in [-0.39, 0.29) is 0 Å². The summed E-state index contributed by atoms with van der Waals surface area (Å²) in [5.74, 6) is 1.73. The van der Waals surface area contributed by atoms with Crippen LogP contribution in [0.25, 0.3) is 5.57 Å². The molecule has 18 heavy (non-hydrogen) atoms. The van der Waals surface area contributed by atoms with Crippen LogP contribution in [0.1, 0.15) is 25.3 Å². The number of nitrogens with one attached hydrogen (secondary N) is 1. The van der Waals surface area contributed by atoms with Crippen LogP contribution in [0.2, 0.25) is 0 Å². The second-order valence-corrected chi connectivity index (χ2v) is 4.49. The van der Waals surface area contributed by atoms with Gasteiger partial charge >= 0.3 is 0 Å². The number of fused-ring (bicyclic) bond motifs is 1. The van der Waals surface area contributed by atoms with Gasteiger partial charge < -0.3 is 14.8 Å². The Bertz CT molecular complexity index is 427. The highest BCUT2D eigenvalue weighted by Gasteiger charge is 2.10. The highest BCUT2D eigenvalue weighted by molar-refractivity contribution is 5.66. The first-order chi connectivity index (χ1) is 8.81. The predicted octanol–water partition coefficient (Wildman–Crippen LogP) is 2.86. The van der Waals surface area contributed by atoms with Gasteiger partial charge in [-0.3, -0.25) is 0 Å². The SMILES string of the molecule is CNCCC=C(C)c1ccc2c(c1)OCCCO2. The number of benzene rings is 1. The van der Waals surface area contributed by atoms with Gasteiger partial charge in [0.05, 0.1) is 13.2 Å². The van der Waals surface area contributed by atoms with E-state index in [0.29, 0.717) is 0 Å². The van der Waals surface area contributed by atoms with Crippen LogP contribution < -0.4 is 14.8 Å². The summed E-state index contributed by atoms with van der Waals surface area (Å²) in [4.78, 5) is 0. The van der Waals surface area contributed by atoms with Crippen molar-refractivity contribution in [1.82, 2.24) is 5.32 Å². The van der Waals surface area contributed by atoms with Gasteiger partial charge in [0.25, 0.3) is 0 Å². The minimum atomic E-state index is 0.735. The topological polar surface area (TPSA) is 30.5 Å². The van der Waals surface area contributed by atoms with E-state index < -0.39 is 0 Å². The molecule has 0 unspecified atom stereocenters. The molecule has 0 saturated carbocycles. The van der Waals surface area contributed by atoms with Gasteiger partial charge in [0, 0.05) is 6.42 Å². The van der Waals surface area contributed by atoms with E-state index in [2.05, 4.69) is 30.4 Å². The third-order valence-corrected chi connectivity index (χ3v) is 3.05. The summed E-state index contributed by atoms with van der Waals surface area (Å²) < 4.78 is 11.3. The maximum atomic E-state index is 5.70. The highest BCUT2D eigenvalue weighted by atomic mass is 16.5. The van der Waals surface area contributed by atoms with Crippen LogP contribution >= 0.6 is 0 Å². The Hall–Kier alpha value is -1.48. The minimum absolute atomic E-state index is 0.735. The average Bonchev–Trinajstić information content (AvgIpc) is 2.63. The van der Waals surface area contributed by atoms with Crippen LogP contribution in [-0.4, -0.2) is 26.8 Å². The lowest BCUT2D eigenvalue weighted by Gasteiger charge is -2.09. The summed E-state index contributed by atoms with van der Waals surface area (Å²) >= 11 is 0. The van der Waals surface area contributed by atoms with Crippen molar-refractivity contribution in [2.75, 3.05) is 26.8 Å². The highest BCUT2D eigenvalue weighted by Crippen LogP contribution is 2.32. The zero-order chi connectivity index (χ0) is 12.8. The molecule has 0 saturated heterocycles. The largest absolute Gasteiger partial charge is 0.490 e. The molecule has 0 fully saturated rings. The molecular weight excluding hydrogens is 226 g/mol. The maximum absolute atomic E-state index is 5.70. The van der Waals surface area contributed by atoms with E-state index >= 15 is 0 Å². The lowest BCUT2D eigenvalue weighted by molar-refractivity contribution is 0.297. The first-order valence-electron chi connectivity index (χ1n) is 6.52. The Morgan fingerprint density at radius 1 is 1.28 bits per heavy atom. The zero-order valence-electron chi connectivity index (χ0n) is 11.2. The molecule has 1 aromatic carbocycles. The molecule has 1 N–H and O–H groups in total. The van der Waals surface area contributed by atoms with E-state index in [0.717, 1.165) is 44.1 Å². The molecule has 1 heterocycles. The normalized spacial score (nSPS) is 15.3. The van der Waals surface area contributed by atoms with Crippen LogP contribution in [0.4, 0.5) is 0 Å². The van der Waals surface area contributed by atoms with Gasteiger partial charge in [0.2, 0.25) is 0 Å². The first-order valence-corrected chi connectivity index (χ1v) is 6.52. The third kappa shape index (κ3) is 3.26. The van der Waals surface area contributed by atoms with Crippen LogP contribution in [0.15, 0.2) is 24.3 Å². The molecule has 3 heteroatoms. The molecule has 0 amide bonds. The molecule has 0 radical (unpaired) electrons. The molecule has 0 aliphatic carbocycles. The Morgan fingerprint density at radius 2 is 2.06 bits per heavy atom. The molecule has 0 spiro atoms. The fourth-order valence-electron chi connectivity index (χ4n) is 1.96. The minimum Gasteiger partial charge on any atom is -0.490 e. The molecule has 98 valence electrons. The molecule has 3 nitrogen and oxygen atoms in total. The summed E-state index contributed by atoms with van der Waals surface area (Å²) in [5.41, 5.74) is 2.48. The lowest BCUT2D eigenvalue weighted by Crippen LogP contribution is -2.05. The van der Waals surface area contributed by atoms with Crippen molar-refractivity contribution in [3.63, 3.8) is 0 Å². The van der Waals surface area contributed by atoms with Crippen molar-refractivity contribution >= 4 is 5.57 Å². The van der Waals surface area contributed by atoms with Crippen LogP contribution in [0.3, 0.4) is 0 Å². The number of hydrogen-bond donors (Lipinski definition) is 1. The Balaban J connectivity index is 2.14. The predicted molar refractivity (Wildman–Crippen MR) is 74.2 cm³/mol. The van der Waals surface area contributed by atoms with Gasteiger partial charge in [0.15, 0.2) is 11.5 Å². The molecular formula is C15H21NO2. The van der Waals surface area contributed by atoms with Crippen LogP contribution in [0, 0.1) is 0 Å². The molecule has 1 aliphatic heterocycles. The molecule has 0 aromatic heterocycles. The van der Waals surface area contributed by atoms with E-state index in [1.807, 2.05) is 13.1 Å². The van der Waals surface area contributed by atoms with Gasteiger partial charge in [-0.2, -0.15) is 0 Å². The van der Waals surface area contributed by atoms with Crippen LogP contribution in [-0.2, 0) is 0 Å². The first kappa shape index (κ1) is 13.0. The molecule has 2 rings (SSSR count).